The van der Waals surface area contributed by atoms with Crippen LogP contribution in [0, 0.1) is 0 Å². The third kappa shape index (κ3) is 5.57. The molecule has 1 aliphatic rings. The Morgan fingerprint density at radius 2 is 2.11 bits per heavy atom. The number of aromatic carboxylic acids is 1. The smallest absolute Gasteiger partial charge is 0.339 e. The summed E-state index contributed by atoms with van der Waals surface area (Å²) in [6.07, 6.45) is 3.69. The predicted molar refractivity (Wildman–Crippen MR) is 107 cm³/mol. The van der Waals surface area contributed by atoms with Crippen molar-refractivity contribution in [3.05, 3.63) is 35.0 Å². The van der Waals surface area contributed by atoms with Gasteiger partial charge < -0.3 is 14.6 Å². The minimum absolute atomic E-state index is 0.103. The maximum atomic E-state index is 11.7. The number of nitrogens with zero attached hydrogens (tertiary/aromatic N) is 2. The van der Waals surface area contributed by atoms with Gasteiger partial charge in [0.05, 0.1) is 6.10 Å². The van der Waals surface area contributed by atoms with Gasteiger partial charge in [0.15, 0.2) is 0 Å². The van der Waals surface area contributed by atoms with Gasteiger partial charge in [0, 0.05) is 31.5 Å². The zero-order valence-corrected chi connectivity index (χ0v) is 17.6. The van der Waals surface area contributed by atoms with E-state index in [1.165, 1.54) is 10.9 Å². The van der Waals surface area contributed by atoms with E-state index >= 15 is 0 Å². The van der Waals surface area contributed by atoms with Crippen molar-refractivity contribution in [3.63, 3.8) is 0 Å². The molecule has 0 atom stereocenters. The molecular formula is C19H25ClN2O4Si. The van der Waals surface area contributed by atoms with Gasteiger partial charge in [0.2, 0.25) is 0 Å². The van der Waals surface area contributed by atoms with Crippen molar-refractivity contribution < 1.29 is 19.4 Å². The first-order valence-electron chi connectivity index (χ1n) is 9.08. The number of halogens is 1. The van der Waals surface area contributed by atoms with Gasteiger partial charge in [-0.05, 0) is 37.1 Å². The molecule has 146 valence electrons. The van der Waals surface area contributed by atoms with Crippen molar-refractivity contribution in [1.29, 1.82) is 0 Å². The number of carboxylic acid groups (broad SMARTS) is 1. The number of rotatable bonds is 9. The molecule has 0 unspecified atom stereocenters. The molecule has 0 spiro atoms. The highest BCUT2D eigenvalue weighted by molar-refractivity contribution is 6.76. The molecule has 8 heteroatoms. The summed E-state index contributed by atoms with van der Waals surface area (Å²) < 4.78 is 13.1. The normalized spacial score (nSPS) is 14.4. The maximum Gasteiger partial charge on any atom is 0.339 e. The number of ether oxygens (including phenoxy) is 2. The first kappa shape index (κ1) is 19.9. The zero-order chi connectivity index (χ0) is 19.6. The summed E-state index contributed by atoms with van der Waals surface area (Å²) in [4.78, 5) is 11.7. The number of carboxylic acids is 1. The van der Waals surface area contributed by atoms with Crippen LogP contribution in [0.4, 0.5) is 0 Å². The third-order valence-corrected chi connectivity index (χ3v) is 6.17. The summed E-state index contributed by atoms with van der Waals surface area (Å²) in [5, 5.41) is 14.6. The van der Waals surface area contributed by atoms with Crippen LogP contribution in [0.15, 0.2) is 24.4 Å². The lowest BCUT2D eigenvalue weighted by Gasteiger charge is -2.15. The van der Waals surface area contributed by atoms with Gasteiger partial charge in [-0.2, -0.15) is 5.10 Å². The summed E-state index contributed by atoms with van der Waals surface area (Å²) >= 11 is 6.14. The van der Waals surface area contributed by atoms with Crippen molar-refractivity contribution >= 4 is 25.6 Å². The quantitative estimate of drug-likeness (QED) is 0.478. The molecule has 1 aromatic carbocycles. The van der Waals surface area contributed by atoms with E-state index in [1.807, 2.05) is 0 Å². The molecule has 0 radical (unpaired) electrons. The van der Waals surface area contributed by atoms with E-state index in [4.69, 9.17) is 21.1 Å². The lowest BCUT2D eigenvalue weighted by atomic mass is 10.1. The van der Waals surface area contributed by atoms with Crippen molar-refractivity contribution in [3.8, 4) is 17.0 Å². The highest BCUT2D eigenvalue weighted by Gasteiger charge is 2.27. The molecule has 1 fully saturated rings. The second kappa shape index (κ2) is 8.04. The summed E-state index contributed by atoms with van der Waals surface area (Å²) in [5.74, 6) is -0.440. The Bertz CT molecular complexity index is 828. The molecule has 0 amide bonds. The van der Waals surface area contributed by atoms with Crippen LogP contribution in [0.1, 0.15) is 23.2 Å². The molecule has 1 aromatic heterocycles. The topological polar surface area (TPSA) is 73.6 Å². The van der Waals surface area contributed by atoms with Gasteiger partial charge in [-0.1, -0.05) is 31.2 Å². The van der Waals surface area contributed by atoms with Crippen molar-refractivity contribution in [2.75, 3.05) is 6.61 Å². The van der Waals surface area contributed by atoms with Crippen LogP contribution in [0.2, 0.25) is 30.7 Å². The van der Waals surface area contributed by atoms with Crippen LogP contribution < -0.4 is 4.74 Å². The Morgan fingerprint density at radius 1 is 1.37 bits per heavy atom. The van der Waals surface area contributed by atoms with Crippen molar-refractivity contribution in [1.82, 2.24) is 9.78 Å². The van der Waals surface area contributed by atoms with Gasteiger partial charge >= 0.3 is 5.97 Å². The third-order valence-electron chi connectivity index (χ3n) is 4.23. The van der Waals surface area contributed by atoms with Gasteiger partial charge in [0.25, 0.3) is 0 Å². The lowest BCUT2D eigenvalue weighted by molar-refractivity contribution is 0.0693. The second-order valence-corrected chi connectivity index (χ2v) is 14.1. The minimum Gasteiger partial charge on any atom is -0.490 e. The molecule has 1 saturated carbocycles. The molecule has 27 heavy (non-hydrogen) atoms. The number of benzene rings is 1. The molecular weight excluding hydrogens is 384 g/mol. The fraction of sp³-hybridized carbons (Fsp3) is 0.474. The van der Waals surface area contributed by atoms with Crippen LogP contribution in [-0.4, -0.2) is 41.6 Å². The van der Waals surface area contributed by atoms with E-state index < -0.39 is 14.0 Å². The predicted octanol–water partition coefficient (Wildman–Crippen LogP) is 4.76. The van der Waals surface area contributed by atoms with E-state index in [0.717, 1.165) is 18.9 Å². The fourth-order valence-corrected chi connectivity index (χ4v) is 3.46. The molecule has 1 heterocycles. The second-order valence-electron chi connectivity index (χ2n) is 8.04. The van der Waals surface area contributed by atoms with Crippen LogP contribution in [-0.2, 0) is 11.5 Å². The van der Waals surface area contributed by atoms with E-state index in [9.17, 15) is 9.90 Å². The molecule has 1 N–H and O–H groups in total. The van der Waals surface area contributed by atoms with Gasteiger partial charge in [-0.25, -0.2) is 9.48 Å². The van der Waals surface area contributed by atoms with Crippen molar-refractivity contribution in [2.45, 2.75) is 51.4 Å². The number of carbonyl (C=O) groups is 1. The summed E-state index contributed by atoms with van der Waals surface area (Å²) in [6, 6.07) is 6.25. The Hall–Kier alpha value is -1.83. The molecule has 0 aliphatic heterocycles. The van der Waals surface area contributed by atoms with Crippen molar-refractivity contribution in [2.24, 2.45) is 0 Å². The highest BCUT2D eigenvalue weighted by Crippen LogP contribution is 2.37. The first-order valence-corrected chi connectivity index (χ1v) is 13.2. The SMILES string of the molecule is C[Si](C)(C)CCOCn1cc(C(=O)O)c(-c2cc(Cl)ccc2OC2CC2)n1. The molecule has 3 rings (SSSR count). The molecule has 2 aromatic rings. The molecule has 1 aliphatic carbocycles. The number of hydrogen-bond donors (Lipinski definition) is 1. The van der Waals surface area contributed by atoms with Gasteiger partial charge in [-0.15, -0.1) is 0 Å². The molecule has 0 bridgehead atoms. The summed E-state index contributed by atoms with van der Waals surface area (Å²) in [5.41, 5.74) is 1.04. The van der Waals surface area contributed by atoms with E-state index in [0.29, 0.717) is 28.6 Å². The van der Waals surface area contributed by atoms with Crippen LogP contribution in [0.5, 0.6) is 5.75 Å². The molecule has 6 nitrogen and oxygen atoms in total. The Labute approximate surface area is 165 Å². The standard InChI is InChI=1S/C19H25ClN2O4Si/c1-27(2,3)9-8-25-12-22-11-16(19(23)24)18(21-22)15-10-13(20)4-7-17(15)26-14-5-6-14/h4,7,10-11,14H,5-6,8-9,12H2,1-3H3,(H,23,24). The van der Waals surface area contributed by atoms with E-state index in [2.05, 4.69) is 24.7 Å². The Balaban J connectivity index is 1.83. The average Bonchev–Trinajstić information content (AvgIpc) is 3.28. The highest BCUT2D eigenvalue weighted by atomic mass is 35.5. The van der Waals surface area contributed by atoms with Gasteiger partial charge in [-0.3, -0.25) is 0 Å². The monoisotopic (exact) mass is 408 g/mol. The number of aromatic nitrogens is 2. The first-order chi connectivity index (χ1) is 12.7. The summed E-state index contributed by atoms with van der Waals surface area (Å²) in [6.45, 7) is 7.70. The minimum atomic E-state index is -1.18. The van der Waals surface area contributed by atoms with E-state index in [1.54, 1.807) is 18.2 Å². The largest absolute Gasteiger partial charge is 0.490 e. The van der Waals surface area contributed by atoms with Crippen LogP contribution in [0.25, 0.3) is 11.3 Å². The Morgan fingerprint density at radius 3 is 2.74 bits per heavy atom. The van der Waals surface area contributed by atoms with Crippen LogP contribution in [0.3, 0.4) is 0 Å². The maximum absolute atomic E-state index is 11.7. The number of hydrogen-bond acceptors (Lipinski definition) is 4. The lowest BCUT2D eigenvalue weighted by Crippen LogP contribution is -2.22. The molecule has 0 saturated heterocycles. The summed E-state index contributed by atoms with van der Waals surface area (Å²) in [7, 11) is -1.18. The van der Waals surface area contributed by atoms with E-state index in [-0.39, 0.29) is 18.4 Å². The zero-order valence-electron chi connectivity index (χ0n) is 15.9. The Kier molecular flexibility index (Phi) is 5.93. The average molecular weight is 409 g/mol. The van der Waals surface area contributed by atoms with Gasteiger partial charge in [0.1, 0.15) is 23.7 Å². The van der Waals surface area contributed by atoms with Crippen LogP contribution >= 0.6 is 11.6 Å². The fourth-order valence-electron chi connectivity index (χ4n) is 2.53.